The Labute approximate surface area is 143 Å². The van der Waals surface area contributed by atoms with Crippen molar-refractivity contribution < 1.29 is 23.5 Å². The summed E-state index contributed by atoms with van der Waals surface area (Å²) in [5, 5.41) is 14.7. The third kappa shape index (κ3) is 4.76. The van der Waals surface area contributed by atoms with Crippen LogP contribution in [-0.4, -0.2) is 22.5 Å². The molecule has 0 aromatic heterocycles. The smallest absolute Gasteiger partial charge is 0.262 e. The Kier molecular flexibility index (Phi) is 5.06. The third-order valence-corrected chi connectivity index (χ3v) is 3.13. The van der Waals surface area contributed by atoms with Gasteiger partial charge in [0.05, 0.1) is 0 Å². The van der Waals surface area contributed by atoms with Crippen LogP contribution in [0, 0.1) is 11.6 Å². The molecule has 2 aromatic carbocycles. The number of hydrogen-bond donors (Lipinski definition) is 3. The molecule has 2 aromatic rings. The van der Waals surface area contributed by atoms with Gasteiger partial charge in [0.15, 0.2) is 0 Å². The highest BCUT2D eigenvalue weighted by Gasteiger charge is 2.20. The average Bonchev–Trinajstić information content (AvgIpc) is 2.44. The number of phenols is 1. The number of halogens is 2. The van der Waals surface area contributed by atoms with Crippen LogP contribution < -0.4 is 10.6 Å². The Bertz CT molecular complexity index is 806. The van der Waals surface area contributed by atoms with Gasteiger partial charge in [-0.1, -0.05) is 6.07 Å². The maximum Gasteiger partial charge on any atom is 0.262 e. The van der Waals surface area contributed by atoms with E-state index in [0.29, 0.717) is 17.7 Å². The molecule has 3 N–H and O–H groups in total. The van der Waals surface area contributed by atoms with Gasteiger partial charge in [0.25, 0.3) is 11.8 Å². The largest absolute Gasteiger partial charge is 0.507 e. The minimum Gasteiger partial charge on any atom is -0.507 e. The molecular formula is C18H18F2N2O3. The quantitative estimate of drug-likeness (QED) is 0.795. The van der Waals surface area contributed by atoms with Gasteiger partial charge in [-0.2, -0.15) is 0 Å². The Morgan fingerprint density at radius 2 is 1.72 bits per heavy atom. The predicted octanol–water partition coefficient (Wildman–Crippen LogP) is 3.45. The molecule has 0 aliphatic heterocycles. The maximum absolute atomic E-state index is 13.7. The van der Waals surface area contributed by atoms with E-state index in [1.54, 1.807) is 12.1 Å². The van der Waals surface area contributed by atoms with Gasteiger partial charge in [0, 0.05) is 28.9 Å². The topological polar surface area (TPSA) is 78.4 Å². The Morgan fingerprint density at radius 3 is 2.32 bits per heavy atom. The van der Waals surface area contributed by atoms with Crippen LogP contribution in [0.4, 0.5) is 14.5 Å². The molecule has 2 rings (SSSR count). The first kappa shape index (κ1) is 18.4. The number of phenolic OH excluding ortho intramolecular Hbond substituents is 1. The van der Waals surface area contributed by atoms with Crippen LogP contribution in [-0.2, 0) is 0 Å². The minimum absolute atomic E-state index is 0.231. The summed E-state index contributed by atoms with van der Waals surface area (Å²) in [4.78, 5) is 24.3. The van der Waals surface area contributed by atoms with E-state index in [-0.39, 0.29) is 11.6 Å². The number of anilines is 1. The fourth-order valence-electron chi connectivity index (χ4n) is 2.13. The standard InChI is InChI=1S/C18H18F2N2O3/c1-18(2,3)22-16(24)10-5-4-6-12(7-10)21-17(25)15-13(20)8-11(19)9-14(15)23/h4-9,23H,1-3H3,(H,21,25)(H,22,24). The number of benzene rings is 2. The highest BCUT2D eigenvalue weighted by molar-refractivity contribution is 6.07. The zero-order valence-corrected chi connectivity index (χ0v) is 14.0. The van der Waals surface area contributed by atoms with Gasteiger partial charge in [-0.3, -0.25) is 9.59 Å². The SMILES string of the molecule is CC(C)(C)NC(=O)c1cccc(NC(=O)c2c(O)cc(F)cc2F)c1. The number of carbonyl (C=O) groups excluding carboxylic acids is 2. The van der Waals surface area contributed by atoms with Gasteiger partial charge >= 0.3 is 0 Å². The summed E-state index contributed by atoms with van der Waals surface area (Å²) in [6.45, 7) is 5.49. The number of hydrogen-bond acceptors (Lipinski definition) is 3. The monoisotopic (exact) mass is 348 g/mol. The zero-order chi connectivity index (χ0) is 18.8. The number of amides is 2. The average molecular weight is 348 g/mol. The Balaban J connectivity index is 2.23. The summed E-state index contributed by atoms with van der Waals surface area (Å²) < 4.78 is 26.7. The second kappa shape index (κ2) is 6.88. The normalized spacial score (nSPS) is 11.1. The second-order valence-electron chi connectivity index (χ2n) is 6.52. The third-order valence-electron chi connectivity index (χ3n) is 3.13. The van der Waals surface area contributed by atoms with Crippen LogP contribution in [0.2, 0.25) is 0 Å². The molecule has 0 spiro atoms. The number of aromatic hydroxyl groups is 1. The summed E-state index contributed by atoms with van der Waals surface area (Å²) in [5.74, 6) is -4.27. The van der Waals surface area contributed by atoms with Crippen molar-refractivity contribution in [2.45, 2.75) is 26.3 Å². The van der Waals surface area contributed by atoms with Crippen LogP contribution in [0.5, 0.6) is 5.75 Å². The lowest BCUT2D eigenvalue weighted by Gasteiger charge is -2.20. The van der Waals surface area contributed by atoms with Crippen molar-refractivity contribution in [2.75, 3.05) is 5.32 Å². The van der Waals surface area contributed by atoms with Crippen LogP contribution >= 0.6 is 0 Å². The van der Waals surface area contributed by atoms with Gasteiger partial charge in [0.2, 0.25) is 0 Å². The first-order chi connectivity index (χ1) is 11.6. The minimum atomic E-state index is -1.18. The molecule has 0 aliphatic rings. The molecule has 5 nitrogen and oxygen atoms in total. The molecular weight excluding hydrogens is 330 g/mol. The lowest BCUT2D eigenvalue weighted by Crippen LogP contribution is -2.40. The molecule has 0 saturated carbocycles. The highest BCUT2D eigenvalue weighted by Crippen LogP contribution is 2.23. The molecule has 0 unspecified atom stereocenters. The van der Waals surface area contributed by atoms with Crippen molar-refractivity contribution in [3.8, 4) is 5.75 Å². The molecule has 0 aliphatic carbocycles. The first-order valence-corrected chi connectivity index (χ1v) is 7.49. The first-order valence-electron chi connectivity index (χ1n) is 7.49. The van der Waals surface area contributed by atoms with Crippen molar-refractivity contribution in [3.05, 3.63) is 59.2 Å². The van der Waals surface area contributed by atoms with Crippen LogP contribution in [0.1, 0.15) is 41.5 Å². The molecule has 0 radical (unpaired) electrons. The molecule has 0 fully saturated rings. The molecule has 7 heteroatoms. The van der Waals surface area contributed by atoms with Gasteiger partial charge in [-0.15, -0.1) is 0 Å². The molecule has 25 heavy (non-hydrogen) atoms. The maximum atomic E-state index is 13.7. The molecule has 0 bridgehead atoms. The Morgan fingerprint density at radius 1 is 1.04 bits per heavy atom. The molecule has 0 saturated heterocycles. The predicted molar refractivity (Wildman–Crippen MR) is 89.6 cm³/mol. The van der Waals surface area contributed by atoms with E-state index in [1.807, 2.05) is 20.8 Å². The van der Waals surface area contributed by atoms with E-state index >= 15 is 0 Å². The fourth-order valence-corrected chi connectivity index (χ4v) is 2.13. The number of carbonyl (C=O) groups is 2. The van der Waals surface area contributed by atoms with Crippen molar-refractivity contribution in [1.82, 2.24) is 5.32 Å². The van der Waals surface area contributed by atoms with Crippen LogP contribution in [0.25, 0.3) is 0 Å². The summed E-state index contributed by atoms with van der Waals surface area (Å²) >= 11 is 0. The summed E-state index contributed by atoms with van der Waals surface area (Å²) in [6.07, 6.45) is 0. The number of nitrogens with one attached hydrogen (secondary N) is 2. The lowest BCUT2D eigenvalue weighted by molar-refractivity contribution is 0.0918. The van der Waals surface area contributed by atoms with Gasteiger partial charge in [-0.05, 0) is 39.0 Å². The van der Waals surface area contributed by atoms with E-state index in [2.05, 4.69) is 10.6 Å². The van der Waals surface area contributed by atoms with E-state index in [0.717, 1.165) is 0 Å². The van der Waals surface area contributed by atoms with Crippen LogP contribution in [0.15, 0.2) is 36.4 Å². The summed E-state index contributed by atoms with van der Waals surface area (Å²) in [7, 11) is 0. The van der Waals surface area contributed by atoms with E-state index < -0.39 is 34.4 Å². The van der Waals surface area contributed by atoms with Gasteiger partial charge in [-0.25, -0.2) is 8.78 Å². The van der Waals surface area contributed by atoms with Crippen molar-refractivity contribution in [2.24, 2.45) is 0 Å². The summed E-state index contributed by atoms with van der Waals surface area (Å²) in [6, 6.07) is 7.18. The molecule has 132 valence electrons. The van der Waals surface area contributed by atoms with Crippen molar-refractivity contribution in [1.29, 1.82) is 0 Å². The van der Waals surface area contributed by atoms with Crippen LogP contribution in [0.3, 0.4) is 0 Å². The van der Waals surface area contributed by atoms with Crippen molar-refractivity contribution >= 4 is 17.5 Å². The van der Waals surface area contributed by atoms with E-state index in [1.165, 1.54) is 12.1 Å². The fraction of sp³-hybridized carbons (Fsp3) is 0.222. The second-order valence-corrected chi connectivity index (χ2v) is 6.52. The molecule has 0 atom stereocenters. The molecule has 2 amide bonds. The zero-order valence-electron chi connectivity index (χ0n) is 14.0. The van der Waals surface area contributed by atoms with E-state index in [4.69, 9.17) is 0 Å². The number of rotatable bonds is 3. The lowest BCUT2D eigenvalue weighted by atomic mass is 10.1. The van der Waals surface area contributed by atoms with Gasteiger partial charge < -0.3 is 15.7 Å². The summed E-state index contributed by atoms with van der Waals surface area (Å²) in [5.41, 5.74) is -0.573. The van der Waals surface area contributed by atoms with E-state index in [9.17, 15) is 23.5 Å². The van der Waals surface area contributed by atoms with Gasteiger partial charge in [0.1, 0.15) is 22.9 Å². The molecule has 0 heterocycles. The Hall–Kier alpha value is -2.96. The van der Waals surface area contributed by atoms with Crippen molar-refractivity contribution in [3.63, 3.8) is 0 Å². The highest BCUT2D eigenvalue weighted by atomic mass is 19.1.